The summed E-state index contributed by atoms with van der Waals surface area (Å²) in [5.41, 5.74) is 0.0856. The van der Waals surface area contributed by atoms with Crippen LogP contribution in [0.25, 0.3) is 0 Å². The molecule has 0 atom stereocenters. The molecule has 0 aliphatic heterocycles. The van der Waals surface area contributed by atoms with Gasteiger partial charge >= 0.3 is 5.97 Å². The molecular weight excluding hydrogens is 252 g/mol. The van der Waals surface area contributed by atoms with Crippen LogP contribution < -0.4 is 0 Å². The second kappa shape index (κ2) is 2.84. The zero-order chi connectivity index (χ0) is 7.65. The molecule has 4 heteroatoms. The summed E-state index contributed by atoms with van der Waals surface area (Å²) in [4.78, 5) is 10.2. The van der Waals surface area contributed by atoms with Gasteiger partial charge in [-0.15, -0.1) is 0 Å². The fraction of sp³-hybridized carbons (Fsp3) is 0.400. The zero-order valence-electron chi connectivity index (χ0n) is 4.82. The fourth-order valence-electron chi connectivity index (χ4n) is 0.188. The lowest BCUT2D eigenvalue weighted by molar-refractivity contribution is -0.132. The minimum absolute atomic E-state index is 0.0856. The minimum atomic E-state index is -1.01. The first-order valence-corrected chi connectivity index (χ1v) is 3.75. The molecule has 0 saturated heterocycles. The van der Waals surface area contributed by atoms with Crippen molar-refractivity contribution in [2.75, 3.05) is 0 Å². The third-order valence-electron chi connectivity index (χ3n) is 0.788. The van der Waals surface area contributed by atoms with Crippen molar-refractivity contribution >= 4 is 37.8 Å². The van der Waals surface area contributed by atoms with Crippen LogP contribution in [0.5, 0.6) is 0 Å². The van der Waals surface area contributed by atoms with E-state index in [1.54, 1.807) is 6.92 Å². The van der Waals surface area contributed by atoms with Gasteiger partial charge in [-0.2, -0.15) is 0 Å². The third-order valence-corrected chi connectivity index (χ3v) is 1.75. The maximum atomic E-state index is 10.2. The van der Waals surface area contributed by atoms with E-state index in [1.807, 2.05) is 0 Å². The molecule has 1 N–H and O–H groups in total. The van der Waals surface area contributed by atoms with Gasteiger partial charge < -0.3 is 5.11 Å². The van der Waals surface area contributed by atoms with Crippen molar-refractivity contribution in [3.8, 4) is 0 Å². The summed E-state index contributed by atoms with van der Waals surface area (Å²) in [6, 6.07) is 0. The zero-order valence-corrected chi connectivity index (χ0v) is 7.99. The lowest BCUT2D eigenvalue weighted by Crippen LogP contribution is -2.15. The Morgan fingerprint density at radius 3 is 2.00 bits per heavy atom. The summed E-state index contributed by atoms with van der Waals surface area (Å²) in [6.45, 7) is 4.99. The van der Waals surface area contributed by atoms with Gasteiger partial charge in [-0.3, -0.25) is 0 Å². The quantitative estimate of drug-likeness (QED) is 0.608. The normalized spacial score (nSPS) is 11.0. The average molecular weight is 258 g/mol. The minimum Gasteiger partial charge on any atom is -0.478 e. The Morgan fingerprint density at radius 1 is 1.67 bits per heavy atom. The number of halogens is 2. The van der Waals surface area contributed by atoms with Crippen LogP contribution in [-0.4, -0.2) is 14.3 Å². The number of hydrogen-bond acceptors (Lipinski definition) is 1. The Bertz CT molecular complexity index is 146. The lowest BCUT2D eigenvalue weighted by Gasteiger charge is -2.12. The second-order valence-corrected chi connectivity index (χ2v) is 5.91. The van der Waals surface area contributed by atoms with E-state index in [1.165, 1.54) is 0 Å². The summed E-state index contributed by atoms with van der Waals surface area (Å²) in [6.07, 6.45) is 0. The van der Waals surface area contributed by atoms with Crippen LogP contribution in [0.3, 0.4) is 0 Å². The average Bonchev–Trinajstić information content (AvgIpc) is 1.62. The Hall–Kier alpha value is 0.170. The third kappa shape index (κ3) is 3.01. The molecule has 0 aliphatic rings. The van der Waals surface area contributed by atoms with Crippen LogP contribution in [0.2, 0.25) is 0 Å². The van der Waals surface area contributed by atoms with Crippen LogP contribution in [-0.2, 0) is 4.79 Å². The van der Waals surface area contributed by atoms with Gasteiger partial charge in [0.15, 0.2) is 0 Å². The molecule has 0 radical (unpaired) electrons. The summed E-state index contributed by atoms with van der Waals surface area (Å²) in [5.74, 6) is -1.01. The first-order chi connectivity index (χ1) is 3.85. The molecule has 0 spiro atoms. The molecular formula is C5H6Br2O2. The molecule has 0 saturated carbocycles. The van der Waals surface area contributed by atoms with Crippen molar-refractivity contribution in [3.63, 3.8) is 0 Å². The van der Waals surface area contributed by atoms with E-state index in [0.29, 0.717) is 0 Å². The van der Waals surface area contributed by atoms with Gasteiger partial charge in [-0.25, -0.2) is 4.79 Å². The van der Waals surface area contributed by atoms with Gasteiger partial charge in [0.25, 0.3) is 0 Å². The second-order valence-electron chi connectivity index (χ2n) is 1.67. The van der Waals surface area contributed by atoms with E-state index in [0.717, 1.165) is 0 Å². The topological polar surface area (TPSA) is 37.3 Å². The monoisotopic (exact) mass is 256 g/mol. The van der Waals surface area contributed by atoms with Crippen molar-refractivity contribution < 1.29 is 9.90 Å². The summed E-state index contributed by atoms with van der Waals surface area (Å²) in [7, 11) is 0. The number of carboxylic acid groups (broad SMARTS) is 1. The van der Waals surface area contributed by atoms with Gasteiger partial charge in [0.2, 0.25) is 0 Å². The number of rotatable bonds is 2. The maximum absolute atomic E-state index is 10.2. The van der Waals surface area contributed by atoms with E-state index in [4.69, 9.17) is 5.11 Å². The molecule has 0 aromatic carbocycles. The van der Waals surface area contributed by atoms with Crippen molar-refractivity contribution in [1.29, 1.82) is 0 Å². The highest BCUT2D eigenvalue weighted by Gasteiger charge is 2.24. The smallest absolute Gasteiger partial charge is 0.333 e. The SMILES string of the molecule is C=C(C(=O)O)C(C)(Br)Br. The predicted octanol–water partition coefficient (Wildman–Crippen LogP) is 2.13. The summed E-state index contributed by atoms with van der Waals surface area (Å²) >= 11 is 6.16. The van der Waals surface area contributed by atoms with Gasteiger partial charge in [0, 0.05) is 0 Å². The number of hydrogen-bond donors (Lipinski definition) is 1. The van der Waals surface area contributed by atoms with Crippen LogP contribution in [0, 0.1) is 0 Å². The van der Waals surface area contributed by atoms with Crippen LogP contribution >= 0.6 is 31.9 Å². The standard InChI is InChI=1S/C5H6Br2O2/c1-3(4(8)9)5(2,6)7/h1H2,2H3,(H,8,9). The van der Waals surface area contributed by atoms with Crippen molar-refractivity contribution in [2.45, 2.75) is 10.2 Å². The highest BCUT2D eigenvalue weighted by molar-refractivity contribution is 9.25. The van der Waals surface area contributed by atoms with E-state index in [-0.39, 0.29) is 5.57 Å². The molecule has 52 valence electrons. The highest BCUT2D eigenvalue weighted by atomic mass is 79.9. The number of alkyl halides is 2. The molecule has 0 heterocycles. The van der Waals surface area contributed by atoms with Gasteiger partial charge in [0.05, 0.1) is 5.57 Å². The van der Waals surface area contributed by atoms with E-state index < -0.39 is 9.20 Å². The molecule has 2 nitrogen and oxygen atoms in total. The van der Waals surface area contributed by atoms with Crippen LogP contribution in [0.15, 0.2) is 12.2 Å². The van der Waals surface area contributed by atoms with E-state index >= 15 is 0 Å². The molecule has 0 aromatic rings. The van der Waals surface area contributed by atoms with Crippen LogP contribution in [0.4, 0.5) is 0 Å². The maximum Gasteiger partial charge on any atom is 0.333 e. The number of carbonyl (C=O) groups is 1. The molecule has 0 amide bonds. The van der Waals surface area contributed by atoms with E-state index in [9.17, 15) is 4.79 Å². The number of carboxylic acids is 1. The molecule has 0 aromatic heterocycles. The van der Waals surface area contributed by atoms with Crippen molar-refractivity contribution in [2.24, 2.45) is 0 Å². The lowest BCUT2D eigenvalue weighted by atomic mass is 10.2. The molecule has 0 bridgehead atoms. The first-order valence-electron chi connectivity index (χ1n) is 2.16. The number of aliphatic carboxylic acids is 1. The molecule has 0 fully saturated rings. The van der Waals surface area contributed by atoms with Crippen molar-refractivity contribution in [3.05, 3.63) is 12.2 Å². The van der Waals surface area contributed by atoms with Crippen molar-refractivity contribution in [1.82, 2.24) is 0 Å². The molecule has 9 heavy (non-hydrogen) atoms. The Kier molecular flexibility index (Phi) is 2.89. The molecule has 0 rings (SSSR count). The Balaban J connectivity index is 4.23. The Labute approximate surface area is 70.2 Å². The van der Waals surface area contributed by atoms with Crippen LogP contribution in [0.1, 0.15) is 6.92 Å². The Morgan fingerprint density at radius 2 is 2.00 bits per heavy atom. The molecule has 0 aliphatic carbocycles. The molecule has 0 unspecified atom stereocenters. The fourth-order valence-corrected chi connectivity index (χ4v) is 0.527. The predicted molar refractivity (Wildman–Crippen MR) is 43.0 cm³/mol. The van der Waals surface area contributed by atoms with Gasteiger partial charge in [-0.1, -0.05) is 38.4 Å². The van der Waals surface area contributed by atoms with Gasteiger partial charge in [0.1, 0.15) is 3.23 Å². The van der Waals surface area contributed by atoms with E-state index in [2.05, 4.69) is 38.4 Å². The van der Waals surface area contributed by atoms with Gasteiger partial charge in [-0.05, 0) is 6.92 Å². The first kappa shape index (κ1) is 9.17. The summed E-state index contributed by atoms with van der Waals surface area (Å²) < 4.78 is -0.689. The highest BCUT2D eigenvalue weighted by Crippen LogP contribution is 2.32. The largest absolute Gasteiger partial charge is 0.478 e. The summed E-state index contributed by atoms with van der Waals surface area (Å²) in [5, 5.41) is 8.36.